The number of nitrogens with zero attached hydrogens (tertiary/aromatic N) is 3. The molecule has 0 fully saturated rings. The topological polar surface area (TPSA) is 96.9 Å². The molecule has 0 aliphatic carbocycles. The van der Waals surface area contributed by atoms with Gasteiger partial charge in [0.2, 0.25) is 0 Å². The lowest BCUT2D eigenvalue weighted by atomic mass is 10.0. The lowest BCUT2D eigenvalue weighted by Gasteiger charge is -2.22. The summed E-state index contributed by atoms with van der Waals surface area (Å²) >= 11 is 0. The Morgan fingerprint density at radius 3 is 2.52 bits per heavy atom. The van der Waals surface area contributed by atoms with Crippen LogP contribution in [0, 0.1) is 0 Å². The van der Waals surface area contributed by atoms with Crippen molar-refractivity contribution >= 4 is 11.7 Å². The summed E-state index contributed by atoms with van der Waals surface area (Å²) in [5.74, 6) is -4.39. The van der Waals surface area contributed by atoms with E-state index in [1.807, 2.05) is 0 Å². The average molecular weight is 355 g/mol. The van der Waals surface area contributed by atoms with E-state index in [9.17, 15) is 23.1 Å². The van der Waals surface area contributed by atoms with Crippen molar-refractivity contribution in [3.63, 3.8) is 0 Å². The highest BCUT2D eigenvalue weighted by Crippen LogP contribution is 2.38. The average Bonchev–Trinajstić information content (AvgIpc) is 3.15. The maximum absolute atomic E-state index is 12.7. The molecule has 2 aromatic rings. The molecule has 1 atom stereocenters. The third-order valence-electron chi connectivity index (χ3n) is 3.67. The van der Waals surface area contributed by atoms with Crippen molar-refractivity contribution in [1.29, 1.82) is 0 Å². The zero-order chi connectivity index (χ0) is 18.2. The van der Waals surface area contributed by atoms with Crippen molar-refractivity contribution in [2.75, 3.05) is 0 Å². The number of carboxylic acid groups (broad SMARTS) is 1. The van der Waals surface area contributed by atoms with Gasteiger partial charge in [-0.3, -0.25) is 4.68 Å². The summed E-state index contributed by atoms with van der Waals surface area (Å²) < 4.78 is 39.5. The Bertz CT molecular complexity index is 829. The minimum atomic E-state index is -4.94. The standard InChI is InChI=1S/C15H12F3N3O4/c16-15(17,18)14(24)5-12(20-25-14)10-3-1-9(2-4-10)7-21-8-11(6-19-21)13(22)23/h1-4,6,8,24H,5,7H2,(H,22,23). The second kappa shape index (κ2) is 5.88. The number of oxime groups is 1. The zero-order valence-electron chi connectivity index (χ0n) is 12.6. The number of aliphatic hydroxyl groups is 1. The lowest BCUT2D eigenvalue weighted by Crippen LogP contribution is -2.45. The van der Waals surface area contributed by atoms with Crippen molar-refractivity contribution in [1.82, 2.24) is 9.78 Å². The first-order valence-corrected chi connectivity index (χ1v) is 7.07. The van der Waals surface area contributed by atoms with Crippen LogP contribution < -0.4 is 0 Å². The lowest BCUT2D eigenvalue weighted by molar-refractivity contribution is -0.355. The van der Waals surface area contributed by atoms with Crippen molar-refractivity contribution < 1.29 is 33.0 Å². The Labute approximate surface area is 138 Å². The molecule has 0 radical (unpaired) electrons. The van der Waals surface area contributed by atoms with E-state index in [1.54, 1.807) is 24.3 Å². The third kappa shape index (κ3) is 3.33. The number of aromatic nitrogens is 2. The number of carbonyl (C=O) groups is 1. The van der Waals surface area contributed by atoms with Gasteiger partial charge >= 0.3 is 17.9 Å². The van der Waals surface area contributed by atoms with E-state index in [4.69, 9.17) is 5.11 Å². The minimum Gasteiger partial charge on any atom is -0.478 e. The fraction of sp³-hybridized carbons (Fsp3) is 0.267. The largest absolute Gasteiger partial charge is 0.478 e. The SMILES string of the molecule is O=C(O)c1cnn(Cc2ccc(C3=NOC(O)(C(F)(F)F)C3)cc2)c1. The molecule has 1 aliphatic rings. The maximum atomic E-state index is 12.7. The summed E-state index contributed by atoms with van der Waals surface area (Å²) in [4.78, 5) is 15.0. The first kappa shape index (κ1) is 17.0. The first-order valence-electron chi connectivity index (χ1n) is 7.07. The van der Waals surface area contributed by atoms with Gasteiger partial charge in [-0.15, -0.1) is 0 Å². The van der Waals surface area contributed by atoms with E-state index in [-0.39, 0.29) is 11.3 Å². The normalized spacial score (nSPS) is 20.2. The van der Waals surface area contributed by atoms with Crippen molar-refractivity contribution in [3.8, 4) is 0 Å². The van der Waals surface area contributed by atoms with E-state index >= 15 is 0 Å². The number of hydrogen-bond donors (Lipinski definition) is 2. The van der Waals surface area contributed by atoms with Crippen molar-refractivity contribution in [3.05, 3.63) is 53.3 Å². The van der Waals surface area contributed by atoms with E-state index in [1.165, 1.54) is 17.1 Å². The molecule has 0 bridgehead atoms. The highest BCUT2D eigenvalue weighted by molar-refractivity contribution is 6.01. The van der Waals surface area contributed by atoms with Gasteiger partial charge in [-0.25, -0.2) is 4.79 Å². The number of rotatable bonds is 4. The molecular weight excluding hydrogens is 343 g/mol. The molecule has 1 unspecified atom stereocenters. The number of carboxylic acids is 1. The first-order chi connectivity index (χ1) is 11.7. The van der Waals surface area contributed by atoms with Crippen LogP contribution in [0.15, 0.2) is 41.8 Å². The van der Waals surface area contributed by atoms with E-state index in [0.717, 1.165) is 5.56 Å². The van der Waals surface area contributed by atoms with Crippen LogP contribution in [0.5, 0.6) is 0 Å². The summed E-state index contributed by atoms with van der Waals surface area (Å²) in [6.45, 7) is 0.295. The summed E-state index contributed by atoms with van der Waals surface area (Å²) in [5.41, 5.74) is 1.18. The Kier molecular flexibility index (Phi) is 3.99. The highest BCUT2D eigenvalue weighted by atomic mass is 19.4. The third-order valence-corrected chi connectivity index (χ3v) is 3.67. The zero-order valence-corrected chi connectivity index (χ0v) is 12.6. The van der Waals surface area contributed by atoms with E-state index in [2.05, 4.69) is 15.1 Å². The number of hydrogen-bond acceptors (Lipinski definition) is 5. The molecule has 2 heterocycles. The summed E-state index contributed by atoms with van der Waals surface area (Å²) in [5, 5.41) is 25.5. The molecular formula is C15H12F3N3O4. The van der Waals surface area contributed by atoms with Gasteiger partial charge in [-0.1, -0.05) is 29.4 Å². The van der Waals surface area contributed by atoms with Gasteiger partial charge in [0, 0.05) is 6.20 Å². The highest BCUT2D eigenvalue weighted by Gasteiger charge is 2.60. The van der Waals surface area contributed by atoms with Gasteiger partial charge in [0.05, 0.1) is 30.4 Å². The maximum Gasteiger partial charge on any atom is 0.458 e. The molecule has 10 heteroatoms. The Balaban J connectivity index is 1.70. The Morgan fingerprint density at radius 2 is 2.00 bits per heavy atom. The predicted molar refractivity (Wildman–Crippen MR) is 78.0 cm³/mol. The van der Waals surface area contributed by atoms with Crippen LogP contribution in [0.1, 0.15) is 27.9 Å². The minimum absolute atomic E-state index is 0.0152. The molecule has 1 aromatic carbocycles. The van der Waals surface area contributed by atoms with Gasteiger partial charge < -0.3 is 15.1 Å². The monoisotopic (exact) mass is 355 g/mol. The second-order valence-electron chi connectivity index (χ2n) is 5.52. The van der Waals surface area contributed by atoms with E-state index < -0.39 is 24.4 Å². The molecule has 2 N–H and O–H groups in total. The van der Waals surface area contributed by atoms with Crippen LogP contribution >= 0.6 is 0 Å². The number of aromatic carboxylic acids is 1. The van der Waals surface area contributed by atoms with Crippen LogP contribution in [0.2, 0.25) is 0 Å². The molecule has 132 valence electrons. The fourth-order valence-electron chi connectivity index (χ4n) is 2.28. The Morgan fingerprint density at radius 1 is 1.32 bits per heavy atom. The van der Waals surface area contributed by atoms with Crippen LogP contribution in [0.3, 0.4) is 0 Å². The summed E-state index contributed by atoms with van der Waals surface area (Å²) in [7, 11) is 0. The number of halogens is 3. The quantitative estimate of drug-likeness (QED) is 0.874. The number of benzene rings is 1. The summed E-state index contributed by atoms with van der Waals surface area (Å²) in [6, 6.07) is 6.37. The van der Waals surface area contributed by atoms with Crippen molar-refractivity contribution in [2.24, 2.45) is 5.16 Å². The molecule has 0 saturated heterocycles. The molecule has 7 nitrogen and oxygen atoms in total. The van der Waals surface area contributed by atoms with E-state index in [0.29, 0.717) is 12.1 Å². The van der Waals surface area contributed by atoms with Gasteiger partial charge in [0.1, 0.15) is 0 Å². The molecule has 0 saturated carbocycles. The fourth-order valence-corrected chi connectivity index (χ4v) is 2.28. The van der Waals surface area contributed by atoms with Gasteiger partial charge in [0.25, 0.3) is 0 Å². The molecule has 25 heavy (non-hydrogen) atoms. The second-order valence-corrected chi connectivity index (χ2v) is 5.52. The van der Waals surface area contributed by atoms with Crippen LogP contribution in [0.25, 0.3) is 0 Å². The van der Waals surface area contributed by atoms with Gasteiger partial charge in [-0.05, 0) is 11.1 Å². The molecule has 0 spiro atoms. The predicted octanol–water partition coefficient (Wildman–Crippen LogP) is 2.00. The molecule has 1 aromatic heterocycles. The Hall–Kier alpha value is -2.88. The van der Waals surface area contributed by atoms with Crippen molar-refractivity contribution in [2.45, 2.75) is 24.9 Å². The smallest absolute Gasteiger partial charge is 0.458 e. The summed E-state index contributed by atoms with van der Waals surface area (Å²) in [6.07, 6.45) is -3.15. The van der Waals surface area contributed by atoms with Crippen LogP contribution in [-0.4, -0.2) is 43.6 Å². The van der Waals surface area contributed by atoms with Gasteiger partial charge in [-0.2, -0.15) is 18.3 Å². The molecule has 3 rings (SSSR count). The molecule has 1 aliphatic heterocycles. The van der Waals surface area contributed by atoms with Crippen LogP contribution in [-0.2, 0) is 11.4 Å². The number of alkyl halides is 3. The van der Waals surface area contributed by atoms with Crippen LogP contribution in [0.4, 0.5) is 13.2 Å². The molecule has 0 amide bonds. The van der Waals surface area contributed by atoms with Gasteiger partial charge in [0.15, 0.2) is 0 Å².